The second kappa shape index (κ2) is 11.2. The van der Waals surface area contributed by atoms with Crippen LogP contribution in [0.4, 0.5) is 0 Å². The predicted molar refractivity (Wildman–Crippen MR) is 187 cm³/mol. The van der Waals surface area contributed by atoms with Crippen molar-refractivity contribution in [2.45, 2.75) is 19.8 Å². The van der Waals surface area contributed by atoms with E-state index in [0.717, 1.165) is 55.3 Å². The zero-order chi connectivity index (χ0) is 31.2. The lowest BCUT2D eigenvalue weighted by molar-refractivity contribution is 0.460. The summed E-state index contributed by atoms with van der Waals surface area (Å²) in [6.45, 7) is 4.44. The van der Waals surface area contributed by atoms with Crippen LogP contribution in [0.15, 0.2) is 140 Å². The Hall–Kier alpha value is -5.94. The monoisotopic (exact) mass is 597 g/mol. The lowest BCUT2D eigenvalue weighted by Gasteiger charge is -2.16. The van der Waals surface area contributed by atoms with Gasteiger partial charge in [0.1, 0.15) is 22.8 Å². The van der Waals surface area contributed by atoms with E-state index in [-0.39, 0.29) is 5.75 Å². The van der Waals surface area contributed by atoms with E-state index in [0.29, 0.717) is 23.1 Å². The molecule has 1 N–H and O–H groups in total. The molecule has 0 unspecified atom stereocenters. The molecule has 0 fully saturated rings. The SMILES string of the molecule is CC(C)c1ccc2c3ccc(Oc4ccc5cccc(O)c5n4)cc3n(-c3ncc(-c4ccccc4)cc3-c3ccccc3)c2c1. The molecule has 0 radical (unpaired) electrons. The Balaban J connectivity index is 1.36. The highest BCUT2D eigenvalue weighted by Crippen LogP contribution is 2.39. The number of hydrogen-bond donors (Lipinski definition) is 1. The highest BCUT2D eigenvalue weighted by atomic mass is 16.5. The van der Waals surface area contributed by atoms with Gasteiger partial charge >= 0.3 is 0 Å². The number of hydrogen-bond acceptors (Lipinski definition) is 4. The normalized spacial score (nSPS) is 11.5. The van der Waals surface area contributed by atoms with Crippen molar-refractivity contribution in [1.29, 1.82) is 0 Å². The third-order valence-corrected chi connectivity index (χ3v) is 8.60. The van der Waals surface area contributed by atoms with Crippen LogP contribution in [-0.4, -0.2) is 19.6 Å². The molecule has 0 aliphatic rings. The Labute approximate surface area is 267 Å². The maximum atomic E-state index is 10.4. The summed E-state index contributed by atoms with van der Waals surface area (Å²) in [5.41, 5.74) is 8.13. The predicted octanol–water partition coefficient (Wildman–Crippen LogP) is 10.7. The number of pyridine rings is 2. The summed E-state index contributed by atoms with van der Waals surface area (Å²) in [6, 6.07) is 45.0. The Morgan fingerprint density at radius 3 is 2.13 bits per heavy atom. The smallest absolute Gasteiger partial charge is 0.219 e. The van der Waals surface area contributed by atoms with Gasteiger partial charge in [0.15, 0.2) is 0 Å². The molecule has 8 rings (SSSR count). The maximum absolute atomic E-state index is 10.4. The van der Waals surface area contributed by atoms with Crippen LogP contribution in [0.25, 0.3) is 60.8 Å². The molecule has 46 heavy (non-hydrogen) atoms. The molecule has 3 heterocycles. The molecular weight excluding hydrogens is 566 g/mol. The summed E-state index contributed by atoms with van der Waals surface area (Å²) in [5, 5.41) is 13.5. The van der Waals surface area contributed by atoms with Gasteiger partial charge < -0.3 is 9.84 Å². The Kier molecular flexibility index (Phi) is 6.72. The molecule has 0 aliphatic carbocycles. The fourth-order valence-electron chi connectivity index (χ4n) is 6.21. The molecule has 0 atom stereocenters. The van der Waals surface area contributed by atoms with Gasteiger partial charge in [-0.05, 0) is 59.0 Å². The molecule has 0 amide bonds. The molecule has 0 saturated heterocycles. The fourth-order valence-corrected chi connectivity index (χ4v) is 6.21. The number of benzene rings is 5. The quantitative estimate of drug-likeness (QED) is 0.207. The van der Waals surface area contributed by atoms with Crippen LogP contribution in [0.5, 0.6) is 17.4 Å². The number of aromatic nitrogens is 3. The number of aromatic hydroxyl groups is 1. The Bertz CT molecular complexity index is 2380. The van der Waals surface area contributed by atoms with Crippen LogP contribution in [0.3, 0.4) is 0 Å². The highest BCUT2D eigenvalue weighted by Gasteiger charge is 2.20. The first kappa shape index (κ1) is 27.6. The highest BCUT2D eigenvalue weighted by molar-refractivity contribution is 6.10. The van der Waals surface area contributed by atoms with Crippen LogP contribution in [0, 0.1) is 0 Å². The third kappa shape index (κ3) is 4.83. The van der Waals surface area contributed by atoms with E-state index >= 15 is 0 Å². The number of phenolic OH excluding ortho intramolecular Hbond substituents is 1. The fraction of sp³-hybridized carbons (Fsp3) is 0.0732. The van der Waals surface area contributed by atoms with E-state index in [1.54, 1.807) is 12.1 Å². The second-order valence-corrected chi connectivity index (χ2v) is 11.9. The first-order valence-electron chi connectivity index (χ1n) is 15.5. The van der Waals surface area contributed by atoms with Gasteiger partial charge in [-0.1, -0.05) is 98.8 Å². The van der Waals surface area contributed by atoms with E-state index in [4.69, 9.17) is 9.72 Å². The van der Waals surface area contributed by atoms with Gasteiger partial charge in [-0.3, -0.25) is 4.57 Å². The van der Waals surface area contributed by atoms with Crippen molar-refractivity contribution in [3.05, 3.63) is 145 Å². The molecule has 5 heteroatoms. The van der Waals surface area contributed by atoms with Gasteiger partial charge in [0.05, 0.1) is 11.0 Å². The van der Waals surface area contributed by atoms with Crippen molar-refractivity contribution in [2.75, 3.05) is 0 Å². The zero-order valence-electron chi connectivity index (χ0n) is 25.6. The average molecular weight is 598 g/mol. The van der Waals surface area contributed by atoms with Crippen molar-refractivity contribution in [3.63, 3.8) is 0 Å². The van der Waals surface area contributed by atoms with Crippen LogP contribution >= 0.6 is 0 Å². The molecule has 0 aliphatic heterocycles. The number of nitrogens with zero attached hydrogens (tertiary/aromatic N) is 3. The van der Waals surface area contributed by atoms with Crippen LogP contribution in [-0.2, 0) is 0 Å². The van der Waals surface area contributed by atoms with Crippen LogP contribution < -0.4 is 4.74 Å². The van der Waals surface area contributed by atoms with E-state index in [1.165, 1.54) is 5.56 Å². The lowest BCUT2D eigenvalue weighted by atomic mass is 10.0. The minimum atomic E-state index is 0.123. The molecule has 0 saturated carbocycles. The van der Waals surface area contributed by atoms with Gasteiger partial charge in [0.2, 0.25) is 5.88 Å². The van der Waals surface area contributed by atoms with E-state index < -0.39 is 0 Å². The number of rotatable bonds is 6. The van der Waals surface area contributed by atoms with Crippen molar-refractivity contribution in [3.8, 4) is 45.5 Å². The Morgan fingerprint density at radius 2 is 1.37 bits per heavy atom. The van der Waals surface area contributed by atoms with Crippen molar-refractivity contribution in [1.82, 2.24) is 14.5 Å². The summed E-state index contributed by atoms with van der Waals surface area (Å²) < 4.78 is 8.60. The van der Waals surface area contributed by atoms with E-state index in [1.807, 2.05) is 42.6 Å². The number of fused-ring (bicyclic) bond motifs is 4. The molecule has 5 nitrogen and oxygen atoms in total. The maximum Gasteiger partial charge on any atom is 0.219 e. The van der Waals surface area contributed by atoms with Crippen molar-refractivity contribution < 1.29 is 9.84 Å². The number of phenols is 1. The van der Waals surface area contributed by atoms with Gasteiger partial charge in [-0.15, -0.1) is 0 Å². The van der Waals surface area contributed by atoms with Gasteiger partial charge in [-0.25, -0.2) is 9.97 Å². The third-order valence-electron chi connectivity index (χ3n) is 8.60. The van der Waals surface area contributed by atoms with Crippen LogP contribution in [0.2, 0.25) is 0 Å². The average Bonchev–Trinajstić information content (AvgIpc) is 3.42. The molecule has 0 spiro atoms. The standard InChI is InChI=1S/C41H31N3O2/c1-26(2)30-16-19-33-34-20-18-32(46-39-21-17-29-14-9-15-38(45)40(29)43-39)24-37(34)44(36(33)23-30)41-35(28-12-7-4-8-13-28)22-31(25-42-41)27-10-5-3-6-11-27/h3-26,45H,1-2H3. The summed E-state index contributed by atoms with van der Waals surface area (Å²) >= 11 is 0. The van der Waals surface area contributed by atoms with Crippen LogP contribution in [0.1, 0.15) is 25.3 Å². The molecular formula is C41H31N3O2. The van der Waals surface area contributed by atoms with Crippen molar-refractivity contribution in [2.24, 2.45) is 0 Å². The van der Waals surface area contributed by atoms with Gasteiger partial charge in [0.25, 0.3) is 0 Å². The summed E-state index contributed by atoms with van der Waals surface area (Å²) in [6.07, 6.45) is 1.97. The minimum Gasteiger partial charge on any atom is -0.506 e. The number of para-hydroxylation sites is 1. The topological polar surface area (TPSA) is 60.2 Å². The molecule has 5 aromatic carbocycles. The molecule has 8 aromatic rings. The minimum absolute atomic E-state index is 0.123. The van der Waals surface area contributed by atoms with Crippen molar-refractivity contribution >= 4 is 32.7 Å². The summed E-state index contributed by atoms with van der Waals surface area (Å²) in [5.74, 6) is 2.39. The largest absolute Gasteiger partial charge is 0.506 e. The van der Waals surface area contributed by atoms with Gasteiger partial charge in [-0.2, -0.15) is 0 Å². The number of ether oxygens (including phenoxy) is 1. The lowest BCUT2D eigenvalue weighted by Crippen LogP contribution is -2.02. The van der Waals surface area contributed by atoms with Gasteiger partial charge in [0, 0.05) is 45.6 Å². The Morgan fingerprint density at radius 1 is 0.652 bits per heavy atom. The first-order valence-corrected chi connectivity index (χ1v) is 15.5. The summed E-state index contributed by atoms with van der Waals surface area (Å²) in [4.78, 5) is 9.79. The van der Waals surface area contributed by atoms with E-state index in [9.17, 15) is 5.11 Å². The van der Waals surface area contributed by atoms with E-state index in [2.05, 4.69) is 108 Å². The second-order valence-electron chi connectivity index (χ2n) is 11.9. The molecule has 222 valence electrons. The zero-order valence-corrected chi connectivity index (χ0v) is 25.6. The molecule has 0 bridgehead atoms. The first-order chi connectivity index (χ1) is 22.5. The summed E-state index contributed by atoms with van der Waals surface area (Å²) in [7, 11) is 0. The molecule has 3 aromatic heterocycles.